The van der Waals surface area contributed by atoms with Crippen LogP contribution in [0.3, 0.4) is 0 Å². The lowest BCUT2D eigenvalue weighted by Crippen LogP contribution is -2.15. The molecule has 1 aromatic carbocycles. The third kappa shape index (κ3) is 3.40. The van der Waals surface area contributed by atoms with E-state index in [1.165, 1.54) is 12.1 Å². The Hall–Kier alpha value is -1.70. The van der Waals surface area contributed by atoms with E-state index in [1.807, 2.05) is 0 Å². The summed E-state index contributed by atoms with van der Waals surface area (Å²) in [5.41, 5.74) is -0.665. The Morgan fingerprint density at radius 1 is 1.26 bits per heavy atom. The first-order valence-corrected chi connectivity index (χ1v) is 6.36. The molecule has 0 unspecified atom stereocenters. The van der Waals surface area contributed by atoms with E-state index in [9.17, 15) is 13.2 Å². The van der Waals surface area contributed by atoms with E-state index in [4.69, 9.17) is 5.26 Å². The summed E-state index contributed by atoms with van der Waals surface area (Å²) in [5.74, 6) is 0.455. The predicted molar refractivity (Wildman–Crippen MR) is 66.6 cm³/mol. The summed E-state index contributed by atoms with van der Waals surface area (Å²) in [6, 6.07) is 5.39. The van der Waals surface area contributed by atoms with E-state index in [0.717, 1.165) is 31.7 Å². The van der Waals surface area contributed by atoms with Crippen molar-refractivity contribution in [2.45, 2.75) is 31.9 Å². The summed E-state index contributed by atoms with van der Waals surface area (Å²) < 4.78 is 38.7. The zero-order valence-corrected chi connectivity index (χ0v) is 10.4. The van der Waals surface area contributed by atoms with Gasteiger partial charge in [0.1, 0.15) is 0 Å². The summed E-state index contributed by atoms with van der Waals surface area (Å²) in [6.45, 7) is 0.564. The van der Waals surface area contributed by atoms with Gasteiger partial charge in [-0.05, 0) is 37.0 Å². The molecule has 0 spiro atoms. The van der Waals surface area contributed by atoms with E-state index in [1.54, 1.807) is 6.07 Å². The summed E-state index contributed by atoms with van der Waals surface area (Å²) in [6.07, 6.45) is 0.0256. The Balaban J connectivity index is 2.16. The number of benzene rings is 1. The first-order chi connectivity index (χ1) is 9.00. The Kier molecular flexibility index (Phi) is 3.98. The monoisotopic (exact) mass is 268 g/mol. The van der Waals surface area contributed by atoms with Crippen molar-refractivity contribution < 1.29 is 13.2 Å². The molecular weight excluding hydrogens is 253 g/mol. The van der Waals surface area contributed by atoms with Crippen LogP contribution in [0.1, 0.15) is 36.8 Å². The minimum Gasteiger partial charge on any atom is -0.384 e. The quantitative estimate of drug-likeness (QED) is 0.892. The van der Waals surface area contributed by atoms with Gasteiger partial charge in [0.2, 0.25) is 0 Å². The summed E-state index contributed by atoms with van der Waals surface area (Å²) in [7, 11) is 0. The first-order valence-electron chi connectivity index (χ1n) is 6.36. The Labute approximate surface area is 110 Å². The van der Waals surface area contributed by atoms with Gasteiger partial charge < -0.3 is 5.32 Å². The van der Waals surface area contributed by atoms with Crippen molar-refractivity contribution >= 4 is 5.69 Å². The van der Waals surface area contributed by atoms with Crippen molar-refractivity contribution in [3.8, 4) is 6.07 Å². The molecule has 19 heavy (non-hydrogen) atoms. The number of alkyl halides is 3. The lowest BCUT2D eigenvalue weighted by Gasteiger charge is -2.17. The molecule has 1 aliphatic rings. The Bertz CT molecular complexity index is 482. The van der Waals surface area contributed by atoms with Crippen molar-refractivity contribution in [2.24, 2.45) is 5.92 Å². The van der Waals surface area contributed by atoms with Gasteiger partial charge in [0.25, 0.3) is 0 Å². The van der Waals surface area contributed by atoms with Gasteiger partial charge in [-0.15, -0.1) is 0 Å². The van der Waals surface area contributed by atoms with E-state index in [-0.39, 0.29) is 11.3 Å². The van der Waals surface area contributed by atoms with Crippen LogP contribution < -0.4 is 5.32 Å². The van der Waals surface area contributed by atoms with Crippen LogP contribution in [0.2, 0.25) is 0 Å². The molecule has 1 aliphatic carbocycles. The average molecular weight is 268 g/mol. The summed E-state index contributed by atoms with van der Waals surface area (Å²) >= 11 is 0. The minimum absolute atomic E-state index is 0.0266. The third-order valence-electron chi connectivity index (χ3n) is 3.51. The second-order valence-corrected chi connectivity index (χ2v) is 4.90. The molecule has 102 valence electrons. The van der Waals surface area contributed by atoms with E-state index in [2.05, 4.69) is 5.32 Å². The molecule has 0 amide bonds. The lowest BCUT2D eigenvalue weighted by molar-refractivity contribution is -0.137. The molecule has 0 aromatic heterocycles. The number of nitrogens with one attached hydrogen (secondary N) is 1. The van der Waals surface area contributed by atoms with Gasteiger partial charge in [0, 0.05) is 12.2 Å². The number of anilines is 1. The highest BCUT2D eigenvalue weighted by atomic mass is 19.4. The Morgan fingerprint density at radius 2 is 1.95 bits per heavy atom. The minimum atomic E-state index is -4.44. The molecule has 0 radical (unpaired) electrons. The van der Waals surface area contributed by atoms with Crippen molar-refractivity contribution in [1.82, 2.24) is 0 Å². The van der Waals surface area contributed by atoms with E-state index in [0.29, 0.717) is 12.5 Å². The molecule has 0 saturated heterocycles. The van der Waals surface area contributed by atoms with Crippen molar-refractivity contribution in [3.05, 3.63) is 29.3 Å². The summed E-state index contributed by atoms with van der Waals surface area (Å²) in [4.78, 5) is 0. The van der Waals surface area contributed by atoms with Crippen LogP contribution >= 0.6 is 0 Å². The lowest BCUT2D eigenvalue weighted by atomic mass is 10.1. The zero-order valence-electron chi connectivity index (χ0n) is 10.4. The molecule has 1 N–H and O–H groups in total. The molecule has 0 bridgehead atoms. The zero-order chi connectivity index (χ0) is 13.9. The van der Waals surface area contributed by atoms with Crippen LogP contribution in [0.25, 0.3) is 0 Å². The fraction of sp³-hybridized carbons (Fsp3) is 0.500. The fourth-order valence-electron chi connectivity index (χ4n) is 2.47. The fourth-order valence-corrected chi connectivity index (χ4v) is 2.47. The second kappa shape index (κ2) is 5.52. The number of halogens is 3. The van der Waals surface area contributed by atoms with Crippen molar-refractivity contribution in [1.29, 1.82) is 5.26 Å². The topological polar surface area (TPSA) is 35.8 Å². The normalized spacial score (nSPS) is 16.3. The van der Waals surface area contributed by atoms with Crippen LogP contribution in [0.4, 0.5) is 18.9 Å². The second-order valence-electron chi connectivity index (χ2n) is 4.90. The van der Waals surface area contributed by atoms with Crippen LogP contribution in [0.15, 0.2) is 18.2 Å². The summed E-state index contributed by atoms with van der Waals surface area (Å²) in [5, 5.41) is 11.6. The highest BCUT2D eigenvalue weighted by molar-refractivity contribution is 5.56. The van der Waals surface area contributed by atoms with Crippen LogP contribution in [0, 0.1) is 17.2 Å². The molecule has 1 aromatic rings. The van der Waals surface area contributed by atoms with Gasteiger partial charge >= 0.3 is 6.18 Å². The predicted octanol–water partition coefficient (Wildman–Crippen LogP) is 4.18. The molecule has 1 fully saturated rings. The van der Waals surface area contributed by atoms with E-state index < -0.39 is 11.7 Å². The van der Waals surface area contributed by atoms with Gasteiger partial charge in [-0.25, -0.2) is 0 Å². The molecule has 0 aliphatic heterocycles. The number of nitrogens with zero attached hydrogens (tertiary/aromatic N) is 1. The number of nitriles is 1. The van der Waals surface area contributed by atoms with Crippen molar-refractivity contribution in [2.75, 3.05) is 11.9 Å². The maximum atomic E-state index is 12.9. The van der Waals surface area contributed by atoms with Crippen LogP contribution in [0.5, 0.6) is 0 Å². The van der Waals surface area contributed by atoms with Crippen LogP contribution in [-0.2, 0) is 6.18 Å². The standard InChI is InChI=1S/C14H15F3N2/c15-14(16,17)12-7-11(8-18)5-6-13(12)19-9-10-3-1-2-4-10/h5-7,10,19H,1-4,9H2. The number of hydrogen-bond donors (Lipinski definition) is 1. The molecule has 2 nitrogen and oxygen atoms in total. The molecule has 5 heteroatoms. The number of rotatable bonds is 3. The smallest absolute Gasteiger partial charge is 0.384 e. The van der Waals surface area contributed by atoms with Gasteiger partial charge in [-0.1, -0.05) is 12.8 Å². The third-order valence-corrected chi connectivity index (χ3v) is 3.51. The van der Waals surface area contributed by atoms with Gasteiger partial charge in [-0.2, -0.15) is 18.4 Å². The average Bonchev–Trinajstić information content (AvgIpc) is 2.88. The van der Waals surface area contributed by atoms with Gasteiger partial charge in [-0.3, -0.25) is 0 Å². The van der Waals surface area contributed by atoms with Gasteiger partial charge in [0.05, 0.1) is 17.2 Å². The highest BCUT2D eigenvalue weighted by Crippen LogP contribution is 2.36. The van der Waals surface area contributed by atoms with Crippen molar-refractivity contribution in [3.63, 3.8) is 0 Å². The van der Waals surface area contributed by atoms with Crippen LogP contribution in [-0.4, -0.2) is 6.54 Å². The Morgan fingerprint density at radius 3 is 2.53 bits per heavy atom. The van der Waals surface area contributed by atoms with E-state index >= 15 is 0 Å². The molecule has 0 atom stereocenters. The maximum Gasteiger partial charge on any atom is 0.418 e. The van der Waals surface area contributed by atoms with Gasteiger partial charge in [0.15, 0.2) is 0 Å². The number of hydrogen-bond acceptors (Lipinski definition) is 2. The molecule has 0 heterocycles. The molecular formula is C14H15F3N2. The maximum absolute atomic E-state index is 12.9. The SMILES string of the molecule is N#Cc1ccc(NCC2CCCC2)c(C(F)(F)F)c1. The largest absolute Gasteiger partial charge is 0.418 e. The molecule has 1 saturated carbocycles. The highest BCUT2D eigenvalue weighted by Gasteiger charge is 2.34. The first kappa shape index (κ1) is 13.7. The molecule has 2 rings (SSSR count).